The Morgan fingerprint density at radius 2 is 1.06 bits per heavy atom. The van der Waals surface area contributed by atoms with Crippen molar-refractivity contribution >= 4 is 77.8 Å². The zero-order chi connectivity index (χ0) is 48.8. The Balaban J connectivity index is 0.000000345. The summed E-state index contributed by atoms with van der Waals surface area (Å²) >= 11 is 19.9. The van der Waals surface area contributed by atoms with Crippen LogP contribution >= 0.6 is 55.1 Å². The lowest BCUT2D eigenvalue weighted by Crippen LogP contribution is -2.41. The van der Waals surface area contributed by atoms with Crippen LogP contribution in [-0.4, -0.2) is 47.2 Å². The molecular weight excluding hydrogens is 1020 g/mol. The van der Waals surface area contributed by atoms with Gasteiger partial charge in [0.05, 0.1) is 28.4 Å². The van der Waals surface area contributed by atoms with Crippen molar-refractivity contribution in [2.75, 3.05) is 13.2 Å². The summed E-state index contributed by atoms with van der Waals surface area (Å²) in [6.45, 7) is 32.3. The molecule has 0 fully saturated rings. The Hall–Kier alpha value is -1.93. The Morgan fingerprint density at radius 3 is 1.51 bits per heavy atom. The monoisotopic (exact) mass is 1090 g/mol. The first kappa shape index (κ1) is 57.4. The van der Waals surface area contributed by atoms with Crippen LogP contribution in [0.1, 0.15) is 117 Å². The Morgan fingerprint density at radius 1 is 0.615 bits per heavy atom. The maximum absolute atomic E-state index is 11.1. The summed E-state index contributed by atoms with van der Waals surface area (Å²) in [5, 5.41) is 12.6. The summed E-state index contributed by atoms with van der Waals surface area (Å²) < 4.78 is 26.6. The van der Waals surface area contributed by atoms with Gasteiger partial charge in [0.1, 0.15) is 11.5 Å². The molecule has 1 unspecified atom stereocenters. The van der Waals surface area contributed by atoms with E-state index in [1.165, 1.54) is 11.1 Å². The molecule has 4 aromatic rings. The first-order valence-electron chi connectivity index (χ1n) is 23.2. The van der Waals surface area contributed by atoms with Crippen LogP contribution in [0.4, 0.5) is 0 Å². The van der Waals surface area contributed by atoms with Crippen LogP contribution in [0, 0.1) is 11.8 Å². The van der Waals surface area contributed by atoms with Crippen molar-refractivity contribution in [3.8, 4) is 11.5 Å². The predicted molar refractivity (Wildman–Crippen MR) is 291 cm³/mol. The van der Waals surface area contributed by atoms with Gasteiger partial charge < -0.3 is 23.4 Å². The standard InChI is InChI=1S/C27H40BrClO3Si.C27H38BrClO2Si/c1-19(2)32-26-13-10-22(18-24(26)29)25(30)17-21(16-20-8-11-23(28)12-9-20)14-15-31-33(6,7)27(3,4)5;1-20(2)31-26-15-12-22(19-25(26)29)8-9-23(18-21-10-13-24(28)14-11-21)16-17-30-32(6,7)27(3,4)5/h8-13,18-19,21,25,30H,14-17H2,1-7H3;8-15,19-20,23H,16-18H2,1-7H3/t21-,25?;23-/m11/s1. The lowest BCUT2D eigenvalue weighted by Gasteiger charge is -2.36. The fourth-order valence-electron chi connectivity index (χ4n) is 6.57. The number of benzene rings is 4. The van der Waals surface area contributed by atoms with Crippen molar-refractivity contribution in [3.63, 3.8) is 0 Å². The van der Waals surface area contributed by atoms with Gasteiger partial charge in [0.15, 0.2) is 16.6 Å². The van der Waals surface area contributed by atoms with Gasteiger partial charge in [-0.25, -0.2) is 0 Å². The number of aliphatic hydroxyl groups is 1. The Kier molecular flexibility index (Phi) is 23.1. The van der Waals surface area contributed by atoms with E-state index >= 15 is 0 Å². The minimum atomic E-state index is -1.80. The van der Waals surface area contributed by atoms with E-state index in [9.17, 15) is 5.11 Å². The van der Waals surface area contributed by atoms with Gasteiger partial charge in [0, 0.05) is 22.2 Å². The number of ether oxygens (including phenoxy) is 2. The highest BCUT2D eigenvalue weighted by Crippen LogP contribution is 2.39. The number of halogens is 4. The normalized spacial score (nSPS) is 14.0. The maximum atomic E-state index is 11.1. The third-order valence-electron chi connectivity index (χ3n) is 12.5. The van der Waals surface area contributed by atoms with E-state index in [4.69, 9.17) is 41.5 Å². The van der Waals surface area contributed by atoms with Crippen LogP contribution in [0.25, 0.3) is 6.08 Å². The van der Waals surface area contributed by atoms with Crippen LogP contribution in [0.5, 0.6) is 11.5 Å². The molecule has 0 aliphatic heterocycles. The van der Waals surface area contributed by atoms with Crippen LogP contribution in [-0.2, 0) is 21.7 Å². The van der Waals surface area contributed by atoms with Crippen LogP contribution < -0.4 is 9.47 Å². The minimum Gasteiger partial charge on any atom is -0.489 e. The molecule has 0 saturated heterocycles. The number of hydrogen-bond acceptors (Lipinski definition) is 5. The van der Waals surface area contributed by atoms with Crippen LogP contribution in [0.2, 0.25) is 46.3 Å². The number of hydrogen-bond donors (Lipinski definition) is 1. The van der Waals surface area contributed by atoms with Crippen molar-refractivity contribution in [2.45, 2.75) is 156 Å². The number of aliphatic hydroxyl groups excluding tert-OH is 1. The smallest absolute Gasteiger partial charge is 0.191 e. The third-order valence-corrected chi connectivity index (χ3v) is 23.3. The minimum absolute atomic E-state index is 0.0504. The molecule has 0 heterocycles. The largest absolute Gasteiger partial charge is 0.489 e. The first-order chi connectivity index (χ1) is 30.2. The molecule has 0 radical (unpaired) electrons. The summed E-state index contributed by atoms with van der Waals surface area (Å²) in [4.78, 5) is 0. The van der Waals surface area contributed by atoms with Crippen LogP contribution in [0.15, 0.2) is 100.0 Å². The first-order valence-corrected chi connectivity index (χ1v) is 31.4. The second-order valence-corrected chi connectivity index (χ2v) is 33.2. The molecule has 4 rings (SSSR count). The Bertz CT molecular complexity index is 2060. The van der Waals surface area contributed by atoms with Crippen molar-refractivity contribution < 1.29 is 23.4 Å². The highest BCUT2D eigenvalue weighted by Gasteiger charge is 2.38. The molecule has 0 saturated carbocycles. The molecule has 4 aromatic carbocycles. The predicted octanol–water partition coefficient (Wildman–Crippen LogP) is 17.8. The number of rotatable bonds is 21. The molecule has 360 valence electrons. The highest BCUT2D eigenvalue weighted by atomic mass is 79.9. The van der Waals surface area contributed by atoms with Gasteiger partial charge in [-0.3, -0.25) is 0 Å². The zero-order valence-corrected chi connectivity index (χ0v) is 48.4. The van der Waals surface area contributed by atoms with E-state index in [1.54, 1.807) is 0 Å². The third kappa shape index (κ3) is 20.3. The van der Waals surface area contributed by atoms with Crippen molar-refractivity contribution in [1.29, 1.82) is 0 Å². The zero-order valence-electron chi connectivity index (χ0n) is 41.7. The van der Waals surface area contributed by atoms with Crippen molar-refractivity contribution in [2.24, 2.45) is 11.8 Å². The highest BCUT2D eigenvalue weighted by molar-refractivity contribution is 9.10. The van der Waals surface area contributed by atoms with E-state index in [-0.39, 0.29) is 28.2 Å². The topological polar surface area (TPSA) is 57.2 Å². The van der Waals surface area contributed by atoms with E-state index in [0.717, 1.165) is 58.1 Å². The quantitative estimate of drug-likeness (QED) is 0.0843. The summed E-state index contributed by atoms with van der Waals surface area (Å²) in [5.41, 5.74) is 4.50. The molecule has 65 heavy (non-hydrogen) atoms. The van der Waals surface area contributed by atoms with Gasteiger partial charge in [-0.2, -0.15) is 0 Å². The fourth-order valence-corrected chi connectivity index (χ4v) is 9.69. The average Bonchev–Trinajstić information content (AvgIpc) is 3.19. The van der Waals surface area contributed by atoms with Gasteiger partial charge in [-0.05, 0) is 179 Å². The average molecular weight is 1090 g/mol. The van der Waals surface area contributed by atoms with E-state index in [2.05, 4.69) is 166 Å². The van der Waals surface area contributed by atoms with Gasteiger partial charge in [0.25, 0.3) is 0 Å². The fraction of sp³-hybridized carbons (Fsp3) is 0.519. The molecular formula is C54H78Br2Cl2O5Si2. The second kappa shape index (κ2) is 26.2. The van der Waals surface area contributed by atoms with Crippen molar-refractivity contribution in [1.82, 2.24) is 0 Å². The van der Waals surface area contributed by atoms with E-state index in [0.29, 0.717) is 34.7 Å². The SMILES string of the molecule is CC(C)Oc1ccc(C(O)C[C@H](CCO[Si](C)(C)C(C)(C)C)Cc2ccc(Br)cc2)cc1Cl.CC(C)Oc1ccc(C=C[C@H](CCO[Si](C)(C)C(C)(C)C)Cc2ccc(Br)cc2)cc1Cl. The lowest BCUT2D eigenvalue weighted by atomic mass is 9.89. The summed E-state index contributed by atoms with van der Waals surface area (Å²) in [7, 11) is -3.55. The maximum Gasteiger partial charge on any atom is 0.191 e. The molecule has 0 aliphatic carbocycles. The second-order valence-electron chi connectivity index (χ2n) is 20.9. The molecule has 5 nitrogen and oxygen atoms in total. The summed E-state index contributed by atoms with van der Waals surface area (Å²) in [5.74, 6) is 2.05. The molecule has 0 spiro atoms. The molecule has 1 N–H and O–H groups in total. The van der Waals surface area contributed by atoms with E-state index in [1.807, 2.05) is 58.0 Å². The Labute approximate surface area is 422 Å². The molecule has 3 atom stereocenters. The molecule has 0 aromatic heterocycles. The lowest BCUT2D eigenvalue weighted by molar-refractivity contribution is 0.133. The van der Waals surface area contributed by atoms with Gasteiger partial charge in [-0.15, -0.1) is 0 Å². The van der Waals surface area contributed by atoms with Crippen LogP contribution in [0.3, 0.4) is 0 Å². The molecule has 0 aliphatic rings. The van der Waals surface area contributed by atoms with Gasteiger partial charge in [-0.1, -0.05) is 145 Å². The van der Waals surface area contributed by atoms with E-state index < -0.39 is 22.7 Å². The van der Waals surface area contributed by atoms with Gasteiger partial charge >= 0.3 is 0 Å². The summed E-state index contributed by atoms with van der Waals surface area (Å²) in [6, 6.07) is 28.6. The number of allylic oxidation sites excluding steroid dienone is 1. The van der Waals surface area contributed by atoms with Gasteiger partial charge in [0.2, 0.25) is 0 Å². The van der Waals surface area contributed by atoms with Crippen molar-refractivity contribution in [3.05, 3.63) is 132 Å². The summed E-state index contributed by atoms with van der Waals surface area (Å²) in [6.07, 6.45) is 8.44. The molecule has 11 heteroatoms. The molecule has 0 bridgehead atoms. The molecule has 0 amide bonds.